The first-order chi connectivity index (χ1) is 11.2. The molecule has 0 unspecified atom stereocenters. The van der Waals surface area contributed by atoms with Gasteiger partial charge >= 0.3 is 0 Å². The number of aromatic nitrogens is 2. The third kappa shape index (κ3) is 3.23. The number of methoxy groups -OCH3 is 1. The van der Waals surface area contributed by atoms with Crippen molar-refractivity contribution in [2.45, 2.75) is 0 Å². The van der Waals surface area contributed by atoms with Gasteiger partial charge in [0.15, 0.2) is 5.82 Å². The van der Waals surface area contributed by atoms with Crippen molar-refractivity contribution in [2.75, 3.05) is 12.4 Å². The number of ether oxygens (including phenoxy) is 1. The Morgan fingerprint density at radius 3 is 2.57 bits per heavy atom. The van der Waals surface area contributed by atoms with Gasteiger partial charge in [-0.05, 0) is 23.8 Å². The van der Waals surface area contributed by atoms with Crippen LogP contribution in [0.25, 0.3) is 11.1 Å². The lowest BCUT2D eigenvalue weighted by atomic mass is 10.0. The predicted molar refractivity (Wildman–Crippen MR) is 89.6 cm³/mol. The number of nitrogens with zero attached hydrogens (tertiary/aromatic N) is 2. The lowest BCUT2D eigenvalue weighted by Crippen LogP contribution is -2.12. The topological polar surface area (TPSA) is 56.1 Å². The maximum absolute atomic E-state index is 12.4. The SMILES string of the molecule is COc1ccc(C(=O)Nc2ccn(C)n2)cc1-c1ccccc1. The lowest BCUT2D eigenvalue weighted by Gasteiger charge is -2.11. The Labute approximate surface area is 134 Å². The molecule has 0 aliphatic rings. The highest BCUT2D eigenvalue weighted by molar-refractivity contribution is 6.04. The number of amides is 1. The van der Waals surface area contributed by atoms with E-state index in [-0.39, 0.29) is 5.91 Å². The summed E-state index contributed by atoms with van der Waals surface area (Å²) in [5.74, 6) is 1.05. The maximum Gasteiger partial charge on any atom is 0.256 e. The van der Waals surface area contributed by atoms with E-state index >= 15 is 0 Å². The fraction of sp³-hybridized carbons (Fsp3) is 0.111. The van der Waals surface area contributed by atoms with Crippen molar-refractivity contribution in [3.8, 4) is 16.9 Å². The maximum atomic E-state index is 12.4. The fourth-order valence-electron chi connectivity index (χ4n) is 2.36. The highest BCUT2D eigenvalue weighted by Crippen LogP contribution is 2.30. The van der Waals surface area contributed by atoms with Crippen LogP contribution in [0, 0.1) is 0 Å². The molecule has 5 nitrogen and oxygen atoms in total. The molecule has 1 heterocycles. The Kier molecular flexibility index (Phi) is 4.10. The van der Waals surface area contributed by atoms with Gasteiger partial charge in [-0.15, -0.1) is 0 Å². The largest absolute Gasteiger partial charge is 0.496 e. The van der Waals surface area contributed by atoms with E-state index in [1.165, 1.54) is 0 Å². The summed E-state index contributed by atoms with van der Waals surface area (Å²) in [6.07, 6.45) is 1.78. The molecule has 3 rings (SSSR count). The van der Waals surface area contributed by atoms with Crippen LogP contribution in [0.15, 0.2) is 60.8 Å². The summed E-state index contributed by atoms with van der Waals surface area (Å²) in [5.41, 5.74) is 2.42. The van der Waals surface area contributed by atoms with Crippen LogP contribution in [0.5, 0.6) is 5.75 Å². The molecule has 23 heavy (non-hydrogen) atoms. The smallest absolute Gasteiger partial charge is 0.256 e. The van der Waals surface area contributed by atoms with Crippen molar-refractivity contribution in [1.82, 2.24) is 9.78 Å². The van der Waals surface area contributed by atoms with Crippen molar-refractivity contribution >= 4 is 11.7 Å². The van der Waals surface area contributed by atoms with Gasteiger partial charge in [0.05, 0.1) is 7.11 Å². The zero-order valence-corrected chi connectivity index (χ0v) is 13.0. The van der Waals surface area contributed by atoms with E-state index in [1.807, 2.05) is 36.4 Å². The number of hydrogen-bond acceptors (Lipinski definition) is 3. The molecule has 0 aliphatic carbocycles. The van der Waals surface area contributed by atoms with Crippen molar-refractivity contribution in [3.63, 3.8) is 0 Å². The van der Waals surface area contributed by atoms with Crippen LogP contribution in [0.2, 0.25) is 0 Å². The summed E-state index contributed by atoms with van der Waals surface area (Å²) in [7, 11) is 3.42. The molecule has 0 fully saturated rings. The molecular formula is C18H17N3O2. The van der Waals surface area contributed by atoms with Crippen LogP contribution in [0.4, 0.5) is 5.82 Å². The zero-order chi connectivity index (χ0) is 16.2. The van der Waals surface area contributed by atoms with E-state index in [9.17, 15) is 4.79 Å². The van der Waals surface area contributed by atoms with E-state index in [1.54, 1.807) is 43.2 Å². The van der Waals surface area contributed by atoms with E-state index < -0.39 is 0 Å². The van der Waals surface area contributed by atoms with Gasteiger partial charge in [-0.3, -0.25) is 9.48 Å². The van der Waals surface area contributed by atoms with Crippen LogP contribution in [-0.4, -0.2) is 22.8 Å². The second-order valence-electron chi connectivity index (χ2n) is 5.11. The number of rotatable bonds is 4. The van der Waals surface area contributed by atoms with Gasteiger partial charge in [-0.2, -0.15) is 5.10 Å². The second kappa shape index (κ2) is 6.36. The van der Waals surface area contributed by atoms with Gasteiger partial charge in [-0.25, -0.2) is 0 Å². The molecule has 0 spiro atoms. The molecular weight excluding hydrogens is 290 g/mol. The Balaban J connectivity index is 1.93. The highest BCUT2D eigenvalue weighted by Gasteiger charge is 2.12. The summed E-state index contributed by atoms with van der Waals surface area (Å²) >= 11 is 0. The van der Waals surface area contributed by atoms with Crippen LogP contribution in [0.1, 0.15) is 10.4 Å². The van der Waals surface area contributed by atoms with Crippen molar-refractivity contribution in [1.29, 1.82) is 0 Å². The molecule has 0 aliphatic heterocycles. The van der Waals surface area contributed by atoms with E-state index in [0.717, 1.165) is 16.9 Å². The van der Waals surface area contributed by atoms with Crippen LogP contribution >= 0.6 is 0 Å². The molecule has 0 radical (unpaired) electrons. The minimum Gasteiger partial charge on any atom is -0.496 e. The third-order valence-electron chi connectivity index (χ3n) is 3.50. The Morgan fingerprint density at radius 1 is 1.13 bits per heavy atom. The lowest BCUT2D eigenvalue weighted by molar-refractivity contribution is 0.102. The minimum absolute atomic E-state index is 0.205. The van der Waals surface area contributed by atoms with E-state index in [0.29, 0.717) is 11.4 Å². The number of carbonyl (C=O) groups is 1. The summed E-state index contributed by atoms with van der Waals surface area (Å²) in [4.78, 5) is 12.4. The first kappa shape index (κ1) is 14.8. The highest BCUT2D eigenvalue weighted by atomic mass is 16.5. The van der Waals surface area contributed by atoms with Gasteiger partial charge in [0.2, 0.25) is 0 Å². The van der Waals surface area contributed by atoms with Crippen LogP contribution in [-0.2, 0) is 7.05 Å². The summed E-state index contributed by atoms with van der Waals surface area (Å²) in [6.45, 7) is 0. The molecule has 0 bridgehead atoms. The molecule has 5 heteroatoms. The van der Waals surface area contributed by atoms with Crippen LogP contribution < -0.4 is 10.1 Å². The van der Waals surface area contributed by atoms with Crippen molar-refractivity contribution in [3.05, 3.63) is 66.4 Å². The van der Waals surface area contributed by atoms with Crippen molar-refractivity contribution < 1.29 is 9.53 Å². The number of hydrogen-bond donors (Lipinski definition) is 1. The molecule has 0 saturated heterocycles. The summed E-state index contributed by atoms with van der Waals surface area (Å²) in [5, 5.41) is 6.93. The molecule has 0 saturated carbocycles. The number of carbonyl (C=O) groups excluding carboxylic acids is 1. The zero-order valence-electron chi connectivity index (χ0n) is 13.0. The standard InChI is InChI=1S/C18H17N3O2/c1-21-11-10-17(20-21)19-18(22)14-8-9-16(23-2)15(12-14)13-6-4-3-5-7-13/h3-12H,1-2H3,(H,19,20,22). The Hall–Kier alpha value is -3.08. The number of aryl methyl sites for hydroxylation is 1. The van der Waals surface area contributed by atoms with Gasteiger partial charge in [0.1, 0.15) is 5.75 Å². The van der Waals surface area contributed by atoms with Gasteiger partial charge in [-0.1, -0.05) is 30.3 Å². The average Bonchev–Trinajstić information content (AvgIpc) is 3.00. The Bertz CT molecular complexity index is 825. The molecule has 3 aromatic rings. The monoisotopic (exact) mass is 307 g/mol. The quantitative estimate of drug-likeness (QED) is 0.804. The number of anilines is 1. The third-order valence-corrected chi connectivity index (χ3v) is 3.50. The summed E-state index contributed by atoms with van der Waals surface area (Å²) < 4.78 is 7.05. The fourth-order valence-corrected chi connectivity index (χ4v) is 2.36. The molecule has 116 valence electrons. The summed E-state index contributed by atoms with van der Waals surface area (Å²) in [6, 6.07) is 16.9. The molecule has 1 N–H and O–H groups in total. The number of benzene rings is 2. The van der Waals surface area contributed by atoms with E-state index in [2.05, 4.69) is 10.4 Å². The molecule has 0 atom stereocenters. The molecule has 1 amide bonds. The van der Waals surface area contributed by atoms with Gasteiger partial charge in [0, 0.05) is 30.4 Å². The first-order valence-electron chi connectivity index (χ1n) is 7.22. The second-order valence-corrected chi connectivity index (χ2v) is 5.11. The average molecular weight is 307 g/mol. The molecule has 1 aromatic heterocycles. The van der Waals surface area contributed by atoms with Gasteiger partial charge in [0.25, 0.3) is 5.91 Å². The molecule has 2 aromatic carbocycles. The van der Waals surface area contributed by atoms with E-state index in [4.69, 9.17) is 4.74 Å². The predicted octanol–water partition coefficient (Wildman–Crippen LogP) is 3.35. The minimum atomic E-state index is -0.205. The van der Waals surface area contributed by atoms with Crippen molar-refractivity contribution in [2.24, 2.45) is 7.05 Å². The first-order valence-corrected chi connectivity index (χ1v) is 7.22. The van der Waals surface area contributed by atoms with Gasteiger partial charge < -0.3 is 10.1 Å². The Morgan fingerprint density at radius 2 is 1.91 bits per heavy atom. The normalized spacial score (nSPS) is 10.3. The van der Waals surface area contributed by atoms with Crippen LogP contribution in [0.3, 0.4) is 0 Å². The number of nitrogens with one attached hydrogen (secondary N) is 1.